The van der Waals surface area contributed by atoms with Crippen molar-refractivity contribution in [3.63, 3.8) is 0 Å². The summed E-state index contributed by atoms with van der Waals surface area (Å²) in [5.41, 5.74) is 1.52. The van der Waals surface area contributed by atoms with Crippen molar-refractivity contribution < 1.29 is 36.3 Å². The van der Waals surface area contributed by atoms with Crippen molar-refractivity contribution in [3.05, 3.63) is 49.1 Å². The Bertz CT molecular complexity index is 1350. The predicted octanol–water partition coefficient (Wildman–Crippen LogP) is 6.08. The summed E-state index contributed by atoms with van der Waals surface area (Å²) in [5, 5.41) is 5.71. The number of amides is 4. The third-order valence-electron chi connectivity index (χ3n) is 10.9. The Labute approximate surface area is 342 Å². The van der Waals surface area contributed by atoms with Gasteiger partial charge in [0.1, 0.15) is 6.04 Å². The summed E-state index contributed by atoms with van der Waals surface area (Å²) in [4.78, 5) is 71.5. The van der Waals surface area contributed by atoms with Gasteiger partial charge in [0, 0.05) is 36.7 Å². The Hall–Kier alpha value is -3.61. The number of ether oxygens (including phenoxy) is 2. The van der Waals surface area contributed by atoms with Gasteiger partial charge in [0.15, 0.2) is 5.78 Å². The number of likely N-dealkylation sites (N-methyl/N-ethyl adjacent to an activating group) is 2. The first kappa shape index (κ1) is 52.4. The van der Waals surface area contributed by atoms with Gasteiger partial charge in [-0.15, -0.1) is 0 Å². The standard InChI is InChI=1S/C37H67N5O7.C7H10.2H2/c1-15-25(8)29(41(12)37(47)32(23(4)5)39-36(46)33(24(6)7)40(10)11)19-27(48-13)20-31(44)42-18-16-17-28(42)34(49-14)26(9)35(45)38-21-30(43)22(2)3;1-4-6-7(3)5-2;;/h23-29,32-34H,2,15-21H2,1,3-14H3,(H,38,45)(H,39,46);4-6H,1-2H2,3H3;2*1H/b;7-6-;;/t25-,26+,27-,28-,29+,32-,33-,34+;;;/m0.../s1. The van der Waals surface area contributed by atoms with Gasteiger partial charge in [0.2, 0.25) is 23.6 Å². The zero-order valence-corrected chi connectivity index (χ0v) is 37.3. The summed E-state index contributed by atoms with van der Waals surface area (Å²) < 4.78 is 11.7. The van der Waals surface area contributed by atoms with Crippen LogP contribution in [0.15, 0.2) is 49.1 Å². The highest BCUT2D eigenvalue weighted by Crippen LogP contribution is 2.29. The average molecular weight is 792 g/mol. The lowest BCUT2D eigenvalue weighted by molar-refractivity contribution is -0.143. The predicted molar refractivity (Wildman–Crippen MR) is 231 cm³/mol. The Balaban J connectivity index is -0.00000306. The van der Waals surface area contributed by atoms with Crippen LogP contribution < -0.4 is 10.6 Å². The molecule has 0 aromatic rings. The molecule has 1 rings (SSSR count). The quantitative estimate of drug-likeness (QED) is 0.0939. The largest absolute Gasteiger partial charge is 0.381 e. The number of allylic oxidation sites excluding steroid dienone is 4. The van der Waals surface area contributed by atoms with Crippen molar-refractivity contribution in [2.75, 3.05) is 48.5 Å². The first-order valence-electron chi connectivity index (χ1n) is 20.1. The van der Waals surface area contributed by atoms with Crippen LogP contribution in [0, 0.1) is 23.7 Å². The van der Waals surface area contributed by atoms with Crippen LogP contribution in [0.3, 0.4) is 0 Å². The van der Waals surface area contributed by atoms with Gasteiger partial charge in [-0.3, -0.25) is 28.9 Å². The van der Waals surface area contributed by atoms with Crippen LogP contribution in [0.4, 0.5) is 0 Å². The molecule has 324 valence electrons. The lowest BCUT2D eigenvalue weighted by atomic mass is 9.90. The number of likely N-dealkylation sites (tertiary alicyclic amines) is 1. The van der Waals surface area contributed by atoms with E-state index in [2.05, 4.69) is 44.2 Å². The second-order valence-corrected chi connectivity index (χ2v) is 16.1. The molecule has 1 aliphatic heterocycles. The molecule has 0 bridgehead atoms. The van der Waals surface area contributed by atoms with Crippen LogP contribution in [0.5, 0.6) is 0 Å². The highest BCUT2D eigenvalue weighted by atomic mass is 16.5. The van der Waals surface area contributed by atoms with Gasteiger partial charge < -0.3 is 29.9 Å². The molecular formula is C44H81N5O7. The number of carbonyl (C=O) groups is 5. The van der Waals surface area contributed by atoms with Crippen molar-refractivity contribution in [2.45, 2.75) is 131 Å². The number of hydrogen-bond donors (Lipinski definition) is 2. The van der Waals surface area contributed by atoms with Crippen LogP contribution in [-0.2, 0) is 33.4 Å². The maximum atomic E-state index is 14.0. The minimum Gasteiger partial charge on any atom is -0.381 e. The molecule has 0 radical (unpaired) electrons. The van der Waals surface area contributed by atoms with Gasteiger partial charge >= 0.3 is 0 Å². The minimum atomic E-state index is -0.706. The van der Waals surface area contributed by atoms with Gasteiger partial charge in [0.25, 0.3) is 0 Å². The molecule has 0 spiro atoms. The lowest BCUT2D eigenvalue weighted by Gasteiger charge is -2.39. The Kier molecular flexibility index (Phi) is 24.6. The van der Waals surface area contributed by atoms with Crippen LogP contribution in [0.2, 0.25) is 0 Å². The summed E-state index contributed by atoms with van der Waals surface area (Å²) in [6, 6.07) is -1.63. The van der Waals surface area contributed by atoms with E-state index in [4.69, 9.17) is 9.47 Å². The smallest absolute Gasteiger partial charge is 0.245 e. The van der Waals surface area contributed by atoms with E-state index in [1.165, 1.54) is 7.11 Å². The van der Waals surface area contributed by atoms with E-state index in [1.807, 2.05) is 59.7 Å². The molecule has 12 nitrogen and oxygen atoms in total. The SMILES string of the molecule is C=C(C)C(=O)CNC(=O)[C@H](C)[C@@H](OC)[C@@H]1CCCN1C(=O)C[C@H](C[C@H]([C@@H](C)CC)N(C)C(=O)[C@@H](NC(=O)[C@H](C(C)C)N(C)C)C(C)C)OC.C=C/C=C(/C)C=C.[HH].[HH]. The number of nitrogens with one attached hydrogen (secondary N) is 2. The number of nitrogens with zero attached hydrogens (tertiary/aromatic N) is 3. The Morgan fingerprint density at radius 2 is 1.55 bits per heavy atom. The third kappa shape index (κ3) is 16.5. The highest BCUT2D eigenvalue weighted by molar-refractivity contribution is 5.98. The number of Topliss-reactive ketones (excluding diaryl/α,β-unsaturated/α-hetero) is 1. The number of rotatable bonds is 23. The zero-order chi connectivity index (χ0) is 43.4. The molecule has 0 aromatic heterocycles. The molecule has 1 heterocycles. The molecule has 8 atom stereocenters. The normalized spacial score (nSPS) is 18.1. The van der Waals surface area contributed by atoms with Crippen molar-refractivity contribution in [2.24, 2.45) is 23.7 Å². The molecule has 2 N–H and O–H groups in total. The number of carbonyl (C=O) groups excluding carboxylic acids is 5. The van der Waals surface area contributed by atoms with Gasteiger partial charge in [-0.25, -0.2) is 0 Å². The van der Waals surface area contributed by atoms with Gasteiger partial charge in [-0.1, -0.05) is 98.4 Å². The third-order valence-corrected chi connectivity index (χ3v) is 10.9. The maximum absolute atomic E-state index is 14.0. The number of methoxy groups -OCH3 is 2. The summed E-state index contributed by atoms with van der Waals surface area (Å²) >= 11 is 0. The number of ketones is 1. The summed E-state index contributed by atoms with van der Waals surface area (Å²) in [6.45, 7) is 28.4. The van der Waals surface area contributed by atoms with Crippen LogP contribution in [-0.4, -0.2) is 129 Å². The Morgan fingerprint density at radius 3 is 1.98 bits per heavy atom. The van der Waals surface area contributed by atoms with Crippen molar-refractivity contribution >= 4 is 29.4 Å². The van der Waals surface area contributed by atoms with E-state index in [0.717, 1.165) is 18.4 Å². The van der Waals surface area contributed by atoms with E-state index < -0.39 is 24.2 Å². The molecule has 0 aromatic carbocycles. The monoisotopic (exact) mass is 792 g/mol. The van der Waals surface area contributed by atoms with Crippen molar-refractivity contribution in [3.8, 4) is 0 Å². The number of hydrogen-bond acceptors (Lipinski definition) is 8. The van der Waals surface area contributed by atoms with Gasteiger partial charge in [-0.2, -0.15) is 0 Å². The van der Waals surface area contributed by atoms with E-state index in [0.29, 0.717) is 25.0 Å². The highest BCUT2D eigenvalue weighted by Gasteiger charge is 2.41. The topological polar surface area (TPSA) is 138 Å². The van der Waals surface area contributed by atoms with E-state index >= 15 is 0 Å². The maximum Gasteiger partial charge on any atom is 0.245 e. The molecule has 12 heteroatoms. The first-order chi connectivity index (χ1) is 26.1. The molecule has 1 aliphatic rings. The molecular weight excluding hydrogens is 711 g/mol. The van der Waals surface area contributed by atoms with Gasteiger partial charge in [0.05, 0.1) is 43.2 Å². The van der Waals surface area contributed by atoms with E-state index in [1.54, 1.807) is 50.0 Å². The molecule has 1 fully saturated rings. The van der Waals surface area contributed by atoms with Gasteiger partial charge in [-0.05, 0) is 70.5 Å². The molecule has 4 amide bonds. The van der Waals surface area contributed by atoms with Crippen LogP contribution in [0.25, 0.3) is 0 Å². The van der Waals surface area contributed by atoms with E-state index in [9.17, 15) is 24.0 Å². The first-order valence-corrected chi connectivity index (χ1v) is 20.1. The molecule has 0 saturated carbocycles. The van der Waals surface area contributed by atoms with E-state index in [-0.39, 0.29) is 81.1 Å². The summed E-state index contributed by atoms with van der Waals surface area (Å²) in [6.07, 6.45) is 7.23. The van der Waals surface area contributed by atoms with Crippen LogP contribution >= 0.6 is 0 Å². The summed E-state index contributed by atoms with van der Waals surface area (Å²) in [5.74, 6) is -1.58. The van der Waals surface area contributed by atoms with Crippen molar-refractivity contribution in [1.82, 2.24) is 25.3 Å². The van der Waals surface area contributed by atoms with Crippen molar-refractivity contribution in [1.29, 1.82) is 0 Å². The summed E-state index contributed by atoms with van der Waals surface area (Å²) in [7, 11) is 8.61. The average Bonchev–Trinajstić information content (AvgIpc) is 3.63. The second-order valence-electron chi connectivity index (χ2n) is 16.1. The fraction of sp³-hybridized carbons (Fsp3) is 0.705. The zero-order valence-electron chi connectivity index (χ0n) is 37.3. The second kappa shape index (κ2) is 26.3. The van der Waals surface area contributed by atoms with Crippen LogP contribution in [0.1, 0.15) is 97.3 Å². The lowest BCUT2D eigenvalue weighted by Crippen LogP contribution is -2.58. The fourth-order valence-corrected chi connectivity index (χ4v) is 7.18. The Morgan fingerprint density at radius 1 is 0.946 bits per heavy atom. The molecule has 0 unspecified atom stereocenters. The molecule has 1 saturated heterocycles. The fourth-order valence-electron chi connectivity index (χ4n) is 7.18. The molecule has 56 heavy (non-hydrogen) atoms. The minimum absolute atomic E-state index is 0. The molecule has 0 aliphatic carbocycles.